The van der Waals surface area contributed by atoms with Crippen LogP contribution in [-0.4, -0.2) is 34.9 Å². The van der Waals surface area contributed by atoms with Gasteiger partial charge in [0, 0.05) is 29.7 Å². The summed E-state index contributed by atoms with van der Waals surface area (Å²) in [4.78, 5) is 14.1. The van der Waals surface area contributed by atoms with Gasteiger partial charge in [-0.3, -0.25) is 4.79 Å². The Bertz CT molecular complexity index is 339. The Kier molecular flexibility index (Phi) is 3.31. The van der Waals surface area contributed by atoms with E-state index < -0.39 is 0 Å². The van der Waals surface area contributed by atoms with Crippen molar-refractivity contribution in [1.82, 2.24) is 4.90 Å². The minimum absolute atomic E-state index is 0.170. The van der Waals surface area contributed by atoms with Crippen molar-refractivity contribution in [2.75, 3.05) is 18.1 Å². The molecule has 2 rings (SSSR count). The van der Waals surface area contributed by atoms with Crippen LogP contribution in [0.4, 0.5) is 0 Å². The number of benzene rings is 1. The van der Waals surface area contributed by atoms with Crippen LogP contribution in [0, 0.1) is 0 Å². The fraction of sp³-hybridized carbons (Fsp3) is 0.417. The number of hydrogen-bond acceptors (Lipinski definition) is 2. The van der Waals surface area contributed by atoms with E-state index in [9.17, 15) is 4.79 Å². The molecule has 0 N–H and O–H groups in total. The van der Waals surface area contributed by atoms with Crippen molar-refractivity contribution in [3.05, 3.63) is 35.9 Å². The third-order valence-electron chi connectivity index (χ3n) is 2.65. The standard InChI is InChI=1S/C12H15NOS/c1-10-9-15-8-7-13(10)12(14)11-5-3-2-4-6-11/h2-6,10H,7-9H2,1H3. The molecule has 1 saturated heterocycles. The zero-order valence-electron chi connectivity index (χ0n) is 8.85. The first-order valence-corrected chi connectivity index (χ1v) is 6.38. The van der Waals surface area contributed by atoms with Crippen LogP contribution in [0.15, 0.2) is 30.3 Å². The molecule has 0 spiro atoms. The summed E-state index contributed by atoms with van der Waals surface area (Å²) >= 11 is 1.93. The van der Waals surface area contributed by atoms with Crippen LogP contribution in [-0.2, 0) is 0 Å². The summed E-state index contributed by atoms with van der Waals surface area (Å²) < 4.78 is 0. The molecule has 1 heterocycles. The van der Waals surface area contributed by atoms with Gasteiger partial charge in [-0.1, -0.05) is 18.2 Å². The minimum atomic E-state index is 0.170. The average Bonchev–Trinajstić information content (AvgIpc) is 2.30. The van der Waals surface area contributed by atoms with Gasteiger partial charge in [0.15, 0.2) is 0 Å². The largest absolute Gasteiger partial charge is 0.334 e. The third kappa shape index (κ3) is 2.34. The summed E-state index contributed by atoms with van der Waals surface area (Å²) in [6.45, 7) is 2.99. The van der Waals surface area contributed by atoms with Crippen LogP contribution < -0.4 is 0 Å². The van der Waals surface area contributed by atoms with Gasteiger partial charge < -0.3 is 4.90 Å². The minimum Gasteiger partial charge on any atom is -0.334 e. The molecule has 1 aliphatic rings. The lowest BCUT2D eigenvalue weighted by atomic mass is 10.1. The van der Waals surface area contributed by atoms with Crippen LogP contribution in [0.3, 0.4) is 0 Å². The van der Waals surface area contributed by atoms with E-state index >= 15 is 0 Å². The molecule has 1 amide bonds. The monoisotopic (exact) mass is 221 g/mol. The molecule has 0 radical (unpaired) electrons. The average molecular weight is 221 g/mol. The Hall–Kier alpha value is -0.960. The van der Waals surface area contributed by atoms with Gasteiger partial charge >= 0.3 is 0 Å². The summed E-state index contributed by atoms with van der Waals surface area (Å²) in [6.07, 6.45) is 0. The van der Waals surface area contributed by atoms with Crippen molar-refractivity contribution in [3.8, 4) is 0 Å². The molecule has 1 unspecified atom stereocenters. The van der Waals surface area contributed by atoms with Crippen LogP contribution in [0.1, 0.15) is 17.3 Å². The number of rotatable bonds is 1. The van der Waals surface area contributed by atoms with E-state index in [1.54, 1.807) is 0 Å². The lowest BCUT2D eigenvalue weighted by molar-refractivity contribution is 0.0716. The van der Waals surface area contributed by atoms with Gasteiger partial charge in [-0.15, -0.1) is 0 Å². The first-order chi connectivity index (χ1) is 7.29. The molecule has 3 heteroatoms. The molecule has 80 valence electrons. The summed E-state index contributed by atoms with van der Waals surface area (Å²) in [6, 6.07) is 9.89. The Morgan fingerprint density at radius 1 is 1.40 bits per heavy atom. The van der Waals surface area contributed by atoms with E-state index in [1.807, 2.05) is 47.0 Å². The number of hydrogen-bond donors (Lipinski definition) is 0. The predicted octanol–water partition coefficient (Wildman–Crippen LogP) is 2.26. The quantitative estimate of drug-likeness (QED) is 0.725. The maximum Gasteiger partial charge on any atom is 0.254 e. The van der Waals surface area contributed by atoms with Gasteiger partial charge in [-0.05, 0) is 19.1 Å². The van der Waals surface area contributed by atoms with Gasteiger partial charge in [-0.25, -0.2) is 0 Å². The highest BCUT2D eigenvalue weighted by molar-refractivity contribution is 7.99. The molecule has 0 saturated carbocycles. The lowest BCUT2D eigenvalue weighted by Gasteiger charge is -2.33. The molecule has 2 nitrogen and oxygen atoms in total. The van der Waals surface area contributed by atoms with E-state index in [4.69, 9.17) is 0 Å². The fourth-order valence-corrected chi connectivity index (χ4v) is 2.79. The van der Waals surface area contributed by atoms with Gasteiger partial charge in [0.2, 0.25) is 0 Å². The molecule has 1 atom stereocenters. The Balaban J connectivity index is 2.13. The second kappa shape index (κ2) is 4.71. The number of amides is 1. The second-order valence-electron chi connectivity index (χ2n) is 3.79. The lowest BCUT2D eigenvalue weighted by Crippen LogP contribution is -2.44. The second-order valence-corrected chi connectivity index (χ2v) is 4.94. The van der Waals surface area contributed by atoms with Crippen molar-refractivity contribution in [2.24, 2.45) is 0 Å². The normalized spacial score (nSPS) is 21.4. The predicted molar refractivity (Wildman–Crippen MR) is 64.3 cm³/mol. The summed E-state index contributed by atoms with van der Waals surface area (Å²) in [7, 11) is 0. The number of thioether (sulfide) groups is 1. The zero-order chi connectivity index (χ0) is 10.7. The first kappa shape index (κ1) is 10.6. The highest BCUT2D eigenvalue weighted by Crippen LogP contribution is 2.18. The Morgan fingerprint density at radius 3 is 2.80 bits per heavy atom. The maximum absolute atomic E-state index is 12.1. The van der Waals surface area contributed by atoms with E-state index in [-0.39, 0.29) is 5.91 Å². The fourth-order valence-electron chi connectivity index (χ4n) is 1.78. The van der Waals surface area contributed by atoms with E-state index in [0.29, 0.717) is 6.04 Å². The van der Waals surface area contributed by atoms with Crippen LogP contribution in [0.25, 0.3) is 0 Å². The van der Waals surface area contributed by atoms with Crippen molar-refractivity contribution in [3.63, 3.8) is 0 Å². The van der Waals surface area contributed by atoms with Crippen LogP contribution in [0.2, 0.25) is 0 Å². The van der Waals surface area contributed by atoms with Crippen molar-refractivity contribution in [1.29, 1.82) is 0 Å². The molecule has 1 aromatic rings. The molecule has 1 aromatic carbocycles. The highest BCUT2D eigenvalue weighted by Gasteiger charge is 2.23. The maximum atomic E-state index is 12.1. The Labute approximate surface area is 94.7 Å². The van der Waals surface area contributed by atoms with E-state index in [2.05, 4.69) is 6.92 Å². The number of nitrogens with zero attached hydrogens (tertiary/aromatic N) is 1. The summed E-state index contributed by atoms with van der Waals surface area (Å²) in [5.41, 5.74) is 0.802. The molecule has 0 bridgehead atoms. The molecule has 1 aliphatic heterocycles. The molecule has 15 heavy (non-hydrogen) atoms. The smallest absolute Gasteiger partial charge is 0.254 e. The molecular formula is C12H15NOS. The number of carbonyl (C=O) groups excluding carboxylic acids is 1. The van der Waals surface area contributed by atoms with Crippen LogP contribution >= 0.6 is 11.8 Å². The molecule has 1 fully saturated rings. The van der Waals surface area contributed by atoms with Gasteiger partial charge in [0.1, 0.15) is 0 Å². The highest BCUT2D eigenvalue weighted by atomic mass is 32.2. The van der Waals surface area contributed by atoms with Crippen LogP contribution in [0.5, 0.6) is 0 Å². The number of carbonyl (C=O) groups is 1. The third-order valence-corrected chi connectivity index (χ3v) is 3.84. The van der Waals surface area contributed by atoms with E-state index in [1.165, 1.54) is 0 Å². The van der Waals surface area contributed by atoms with Crippen molar-refractivity contribution in [2.45, 2.75) is 13.0 Å². The zero-order valence-corrected chi connectivity index (χ0v) is 9.67. The van der Waals surface area contributed by atoms with Crippen molar-refractivity contribution < 1.29 is 4.79 Å². The van der Waals surface area contributed by atoms with E-state index in [0.717, 1.165) is 23.6 Å². The van der Waals surface area contributed by atoms with Crippen molar-refractivity contribution >= 4 is 17.7 Å². The topological polar surface area (TPSA) is 20.3 Å². The molecule has 0 aliphatic carbocycles. The van der Waals surface area contributed by atoms with Gasteiger partial charge in [0.05, 0.1) is 0 Å². The molecular weight excluding hydrogens is 206 g/mol. The summed E-state index contributed by atoms with van der Waals surface area (Å²) in [5, 5.41) is 0. The van der Waals surface area contributed by atoms with Gasteiger partial charge in [0.25, 0.3) is 5.91 Å². The summed E-state index contributed by atoms with van der Waals surface area (Å²) in [5.74, 6) is 2.28. The first-order valence-electron chi connectivity index (χ1n) is 5.23. The van der Waals surface area contributed by atoms with Gasteiger partial charge in [-0.2, -0.15) is 11.8 Å². The molecule has 0 aromatic heterocycles. The SMILES string of the molecule is CC1CSCCN1C(=O)c1ccccc1. The Morgan fingerprint density at radius 2 is 2.13 bits per heavy atom.